The average molecular weight is 306 g/mol. The summed E-state index contributed by atoms with van der Waals surface area (Å²) in [6.45, 7) is 6.49. The van der Waals surface area contributed by atoms with Crippen LogP contribution in [0.5, 0.6) is 11.5 Å². The molecule has 0 spiro atoms. The van der Waals surface area contributed by atoms with Crippen molar-refractivity contribution < 1.29 is 14.3 Å². The number of piperidine rings is 1. The predicted molar refractivity (Wildman–Crippen MR) is 86.7 cm³/mol. The molecule has 0 bridgehead atoms. The molecule has 1 aliphatic rings. The van der Waals surface area contributed by atoms with Crippen molar-refractivity contribution in [1.82, 2.24) is 10.2 Å². The number of benzene rings is 1. The number of rotatable bonds is 5. The Labute approximate surface area is 132 Å². The van der Waals surface area contributed by atoms with Crippen LogP contribution in [0, 0.1) is 0 Å². The van der Waals surface area contributed by atoms with Crippen LogP contribution in [0.4, 0.5) is 0 Å². The molecular weight excluding hydrogens is 280 g/mol. The molecule has 0 aromatic heterocycles. The zero-order chi connectivity index (χ0) is 16.1. The SMILES string of the molecule is COc1ccc(C(=O)NC2CCN(C(C)C)CC2)cc1OC. The summed E-state index contributed by atoms with van der Waals surface area (Å²) in [4.78, 5) is 14.8. The van der Waals surface area contributed by atoms with E-state index in [1.807, 2.05) is 0 Å². The monoisotopic (exact) mass is 306 g/mol. The predicted octanol–water partition coefficient (Wildman–Crippen LogP) is 2.31. The quantitative estimate of drug-likeness (QED) is 0.907. The summed E-state index contributed by atoms with van der Waals surface area (Å²) in [5, 5.41) is 3.12. The zero-order valence-electron chi connectivity index (χ0n) is 13.9. The molecule has 5 nitrogen and oxygen atoms in total. The van der Waals surface area contributed by atoms with E-state index in [4.69, 9.17) is 9.47 Å². The van der Waals surface area contributed by atoms with E-state index in [0.717, 1.165) is 25.9 Å². The van der Waals surface area contributed by atoms with E-state index >= 15 is 0 Å². The molecule has 0 saturated carbocycles. The van der Waals surface area contributed by atoms with Crippen LogP contribution in [0.25, 0.3) is 0 Å². The van der Waals surface area contributed by atoms with Crippen molar-refractivity contribution in [3.63, 3.8) is 0 Å². The first-order valence-corrected chi connectivity index (χ1v) is 7.82. The molecule has 1 aromatic carbocycles. The second kappa shape index (κ2) is 7.49. The fraction of sp³-hybridized carbons (Fsp3) is 0.588. The average Bonchev–Trinajstić information content (AvgIpc) is 2.54. The maximum Gasteiger partial charge on any atom is 0.251 e. The molecule has 1 heterocycles. The molecule has 0 unspecified atom stereocenters. The minimum Gasteiger partial charge on any atom is -0.493 e. The summed E-state index contributed by atoms with van der Waals surface area (Å²) in [6, 6.07) is 6.06. The van der Waals surface area contributed by atoms with Gasteiger partial charge in [0.2, 0.25) is 0 Å². The summed E-state index contributed by atoms with van der Waals surface area (Å²) < 4.78 is 10.4. The van der Waals surface area contributed by atoms with Gasteiger partial charge in [0.15, 0.2) is 11.5 Å². The van der Waals surface area contributed by atoms with Crippen molar-refractivity contribution in [3.05, 3.63) is 23.8 Å². The molecule has 5 heteroatoms. The number of hydrogen-bond acceptors (Lipinski definition) is 4. The maximum atomic E-state index is 12.4. The molecule has 1 fully saturated rings. The highest BCUT2D eigenvalue weighted by molar-refractivity contribution is 5.95. The molecule has 1 saturated heterocycles. The van der Waals surface area contributed by atoms with Gasteiger partial charge in [-0.15, -0.1) is 0 Å². The highest BCUT2D eigenvalue weighted by atomic mass is 16.5. The summed E-state index contributed by atoms with van der Waals surface area (Å²) in [5.41, 5.74) is 0.601. The normalized spacial score (nSPS) is 16.6. The minimum absolute atomic E-state index is 0.0519. The largest absolute Gasteiger partial charge is 0.493 e. The number of methoxy groups -OCH3 is 2. The summed E-state index contributed by atoms with van der Waals surface area (Å²) in [7, 11) is 3.15. The zero-order valence-corrected chi connectivity index (χ0v) is 13.9. The topological polar surface area (TPSA) is 50.8 Å². The molecule has 1 aliphatic heterocycles. The third-order valence-electron chi connectivity index (χ3n) is 4.24. The number of nitrogens with one attached hydrogen (secondary N) is 1. The first-order chi connectivity index (χ1) is 10.5. The Morgan fingerprint density at radius 2 is 1.82 bits per heavy atom. The molecule has 1 N–H and O–H groups in total. The smallest absolute Gasteiger partial charge is 0.251 e. The fourth-order valence-corrected chi connectivity index (χ4v) is 2.81. The van der Waals surface area contributed by atoms with Gasteiger partial charge >= 0.3 is 0 Å². The third-order valence-corrected chi connectivity index (χ3v) is 4.24. The van der Waals surface area contributed by atoms with Crippen molar-refractivity contribution in [3.8, 4) is 11.5 Å². The van der Waals surface area contributed by atoms with Gasteiger partial charge in [0, 0.05) is 30.7 Å². The van der Waals surface area contributed by atoms with Crippen molar-refractivity contribution in [2.45, 2.75) is 38.8 Å². The third kappa shape index (κ3) is 3.91. The number of amides is 1. The van der Waals surface area contributed by atoms with Crippen molar-refractivity contribution in [2.24, 2.45) is 0 Å². The van der Waals surface area contributed by atoms with Gasteiger partial charge in [-0.1, -0.05) is 0 Å². The number of hydrogen-bond donors (Lipinski definition) is 1. The van der Waals surface area contributed by atoms with Crippen molar-refractivity contribution in [2.75, 3.05) is 27.3 Å². The second-order valence-corrected chi connectivity index (χ2v) is 5.95. The van der Waals surface area contributed by atoms with Gasteiger partial charge in [0.1, 0.15) is 0 Å². The van der Waals surface area contributed by atoms with Crippen LogP contribution in [-0.2, 0) is 0 Å². The van der Waals surface area contributed by atoms with Crippen molar-refractivity contribution >= 4 is 5.91 Å². The Balaban J connectivity index is 1.95. The fourth-order valence-electron chi connectivity index (χ4n) is 2.81. The Hall–Kier alpha value is -1.75. The first kappa shape index (κ1) is 16.6. The first-order valence-electron chi connectivity index (χ1n) is 7.82. The van der Waals surface area contributed by atoms with Gasteiger partial charge in [0.25, 0.3) is 5.91 Å². The van der Waals surface area contributed by atoms with Gasteiger partial charge < -0.3 is 19.7 Å². The van der Waals surface area contributed by atoms with Crippen LogP contribution in [-0.4, -0.2) is 50.2 Å². The van der Waals surface area contributed by atoms with E-state index in [1.165, 1.54) is 0 Å². The lowest BCUT2D eigenvalue weighted by Gasteiger charge is -2.34. The molecule has 1 aromatic rings. The van der Waals surface area contributed by atoms with Gasteiger partial charge in [-0.05, 0) is 44.9 Å². The molecule has 0 radical (unpaired) electrons. The van der Waals surface area contributed by atoms with Crippen LogP contribution < -0.4 is 14.8 Å². The van der Waals surface area contributed by atoms with Crippen LogP contribution in [0.3, 0.4) is 0 Å². The van der Waals surface area contributed by atoms with Crippen LogP contribution in [0.2, 0.25) is 0 Å². The minimum atomic E-state index is -0.0519. The van der Waals surface area contributed by atoms with Crippen LogP contribution in [0.15, 0.2) is 18.2 Å². The second-order valence-electron chi connectivity index (χ2n) is 5.95. The lowest BCUT2D eigenvalue weighted by atomic mass is 10.0. The number of ether oxygens (including phenoxy) is 2. The maximum absolute atomic E-state index is 12.4. The van der Waals surface area contributed by atoms with E-state index < -0.39 is 0 Å². The standard InChI is InChI=1S/C17H26N2O3/c1-12(2)19-9-7-14(8-10-19)18-17(20)13-5-6-15(21-3)16(11-13)22-4/h5-6,11-12,14H,7-10H2,1-4H3,(H,18,20). The molecular formula is C17H26N2O3. The Morgan fingerprint density at radius 3 is 2.36 bits per heavy atom. The van der Waals surface area contributed by atoms with E-state index in [9.17, 15) is 4.79 Å². The van der Waals surface area contributed by atoms with Crippen molar-refractivity contribution in [1.29, 1.82) is 0 Å². The van der Waals surface area contributed by atoms with Gasteiger partial charge in [-0.3, -0.25) is 4.79 Å². The molecule has 22 heavy (non-hydrogen) atoms. The molecule has 1 amide bonds. The summed E-state index contributed by atoms with van der Waals surface area (Å²) in [6.07, 6.45) is 1.99. The highest BCUT2D eigenvalue weighted by Crippen LogP contribution is 2.27. The van der Waals surface area contributed by atoms with Gasteiger partial charge in [0.05, 0.1) is 14.2 Å². The number of likely N-dealkylation sites (tertiary alicyclic amines) is 1. The summed E-state index contributed by atoms with van der Waals surface area (Å²) in [5.74, 6) is 1.15. The highest BCUT2D eigenvalue weighted by Gasteiger charge is 2.22. The number of nitrogens with zero attached hydrogens (tertiary/aromatic N) is 1. The van der Waals surface area contributed by atoms with E-state index in [0.29, 0.717) is 23.1 Å². The van der Waals surface area contributed by atoms with Gasteiger partial charge in [-0.2, -0.15) is 0 Å². The van der Waals surface area contributed by atoms with E-state index in [-0.39, 0.29) is 11.9 Å². The molecule has 122 valence electrons. The molecule has 0 aliphatic carbocycles. The van der Waals surface area contributed by atoms with E-state index in [2.05, 4.69) is 24.1 Å². The Morgan fingerprint density at radius 1 is 1.18 bits per heavy atom. The Kier molecular flexibility index (Phi) is 5.66. The number of carbonyl (C=O) groups is 1. The molecule has 0 atom stereocenters. The summed E-state index contributed by atoms with van der Waals surface area (Å²) >= 11 is 0. The lowest BCUT2D eigenvalue weighted by Crippen LogP contribution is -2.46. The van der Waals surface area contributed by atoms with Gasteiger partial charge in [-0.25, -0.2) is 0 Å². The van der Waals surface area contributed by atoms with E-state index in [1.54, 1.807) is 32.4 Å². The lowest BCUT2D eigenvalue weighted by molar-refractivity contribution is 0.0900. The number of carbonyl (C=O) groups excluding carboxylic acids is 1. The van der Waals surface area contributed by atoms with Crippen LogP contribution >= 0.6 is 0 Å². The molecule has 2 rings (SSSR count). The van der Waals surface area contributed by atoms with Crippen LogP contribution in [0.1, 0.15) is 37.0 Å². The Bertz CT molecular complexity index is 509.